The van der Waals surface area contributed by atoms with Crippen molar-refractivity contribution in [2.75, 3.05) is 31.1 Å². The topological polar surface area (TPSA) is 49.6 Å². The smallest absolute Gasteiger partial charge is 0.266 e. The van der Waals surface area contributed by atoms with Gasteiger partial charge < -0.3 is 9.30 Å². The summed E-state index contributed by atoms with van der Waals surface area (Å²) in [5.41, 5.74) is 2.03. The average Bonchev–Trinajstić information content (AvgIpc) is 3.15. The zero-order valence-corrected chi connectivity index (χ0v) is 14.5. The van der Waals surface area contributed by atoms with E-state index in [1.54, 1.807) is 6.20 Å². The van der Waals surface area contributed by atoms with Crippen LogP contribution in [-0.4, -0.2) is 50.4 Å². The highest BCUT2D eigenvalue weighted by Crippen LogP contribution is 2.24. The van der Waals surface area contributed by atoms with E-state index in [0.29, 0.717) is 5.95 Å². The molecule has 8 heteroatoms. The Bertz CT molecular complexity index is 871. The van der Waals surface area contributed by atoms with Crippen LogP contribution in [0.5, 0.6) is 0 Å². The van der Waals surface area contributed by atoms with E-state index < -0.39 is 6.43 Å². The molecule has 1 atom stereocenters. The second-order valence-corrected chi connectivity index (χ2v) is 6.47. The third-order valence-electron chi connectivity index (χ3n) is 4.96. The molecule has 3 aromatic heterocycles. The summed E-state index contributed by atoms with van der Waals surface area (Å²) in [6.45, 7) is 5.45. The van der Waals surface area contributed by atoms with E-state index in [1.807, 2.05) is 21.7 Å². The molecule has 3 aromatic rings. The highest BCUT2D eigenvalue weighted by atomic mass is 19.3. The van der Waals surface area contributed by atoms with Crippen LogP contribution in [0.2, 0.25) is 0 Å². The van der Waals surface area contributed by atoms with Crippen molar-refractivity contribution < 1.29 is 8.78 Å². The van der Waals surface area contributed by atoms with Crippen LogP contribution < -0.4 is 4.90 Å². The Morgan fingerprint density at radius 2 is 1.69 bits per heavy atom. The Morgan fingerprint density at radius 1 is 0.962 bits per heavy atom. The van der Waals surface area contributed by atoms with Gasteiger partial charge in [-0.1, -0.05) is 0 Å². The number of hydrogen-bond donors (Lipinski definition) is 0. The highest BCUT2D eigenvalue weighted by molar-refractivity contribution is 5.42. The molecule has 1 aliphatic heterocycles. The number of pyridine rings is 1. The minimum Gasteiger partial charge on any atom is -0.338 e. The zero-order chi connectivity index (χ0) is 18.1. The summed E-state index contributed by atoms with van der Waals surface area (Å²) in [6.07, 6.45) is 5.64. The van der Waals surface area contributed by atoms with Gasteiger partial charge in [-0.15, -0.1) is 0 Å². The van der Waals surface area contributed by atoms with Gasteiger partial charge in [0.15, 0.2) is 0 Å². The molecule has 0 aliphatic carbocycles. The summed E-state index contributed by atoms with van der Waals surface area (Å²) in [5.74, 6) is 0.514. The van der Waals surface area contributed by atoms with Crippen LogP contribution in [0, 0.1) is 0 Å². The Balaban J connectivity index is 1.40. The summed E-state index contributed by atoms with van der Waals surface area (Å²) in [6, 6.07) is 4.52. The standard InChI is InChI=1S/C18H20F2N6/c1-13(14-2-4-25-5-3-21-16(25)10-14)24-6-8-26(9-7-24)18-22-11-15(12-23-18)17(19)20/h2-5,10-13,17H,6-9H2,1H3. The van der Waals surface area contributed by atoms with Crippen molar-refractivity contribution in [3.05, 3.63) is 54.2 Å². The van der Waals surface area contributed by atoms with Gasteiger partial charge in [-0.25, -0.2) is 23.7 Å². The molecule has 1 unspecified atom stereocenters. The summed E-state index contributed by atoms with van der Waals surface area (Å²) in [5, 5.41) is 0. The zero-order valence-electron chi connectivity index (χ0n) is 14.5. The van der Waals surface area contributed by atoms with Crippen LogP contribution in [0.4, 0.5) is 14.7 Å². The molecule has 0 N–H and O–H groups in total. The summed E-state index contributed by atoms with van der Waals surface area (Å²) in [7, 11) is 0. The number of anilines is 1. The van der Waals surface area contributed by atoms with Crippen molar-refractivity contribution >= 4 is 11.6 Å². The number of piperazine rings is 1. The van der Waals surface area contributed by atoms with Crippen molar-refractivity contribution in [3.8, 4) is 0 Å². The number of halogens is 2. The molecule has 0 radical (unpaired) electrons. The Labute approximate surface area is 150 Å². The van der Waals surface area contributed by atoms with Gasteiger partial charge >= 0.3 is 0 Å². The molecule has 136 valence electrons. The number of fused-ring (bicyclic) bond motifs is 1. The molecule has 4 rings (SSSR count). The molecule has 6 nitrogen and oxygen atoms in total. The minimum absolute atomic E-state index is 0.143. The first kappa shape index (κ1) is 16.8. The number of rotatable bonds is 4. The fourth-order valence-electron chi connectivity index (χ4n) is 3.31. The van der Waals surface area contributed by atoms with Crippen LogP contribution in [0.1, 0.15) is 30.5 Å². The van der Waals surface area contributed by atoms with Gasteiger partial charge in [0.1, 0.15) is 5.65 Å². The fourth-order valence-corrected chi connectivity index (χ4v) is 3.31. The molecule has 4 heterocycles. The van der Waals surface area contributed by atoms with Crippen LogP contribution in [0.3, 0.4) is 0 Å². The largest absolute Gasteiger partial charge is 0.338 e. The number of imidazole rings is 1. The van der Waals surface area contributed by atoms with Crippen molar-refractivity contribution in [2.45, 2.75) is 19.4 Å². The first-order chi connectivity index (χ1) is 12.6. The first-order valence-electron chi connectivity index (χ1n) is 8.63. The van der Waals surface area contributed by atoms with Crippen LogP contribution in [-0.2, 0) is 0 Å². The quantitative estimate of drug-likeness (QED) is 0.718. The second-order valence-electron chi connectivity index (χ2n) is 6.47. The van der Waals surface area contributed by atoms with Gasteiger partial charge in [0.2, 0.25) is 5.95 Å². The van der Waals surface area contributed by atoms with Crippen molar-refractivity contribution in [1.29, 1.82) is 0 Å². The molecule has 1 aliphatic rings. The van der Waals surface area contributed by atoms with E-state index in [2.05, 4.69) is 38.9 Å². The number of nitrogens with zero attached hydrogens (tertiary/aromatic N) is 6. The molecule has 0 amide bonds. The van der Waals surface area contributed by atoms with Crippen LogP contribution >= 0.6 is 0 Å². The van der Waals surface area contributed by atoms with Crippen molar-refractivity contribution in [3.63, 3.8) is 0 Å². The van der Waals surface area contributed by atoms with Gasteiger partial charge in [0.05, 0.1) is 5.56 Å². The van der Waals surface area contributed by atoms with Gasteiger partial charge in [-0.3, -0.25) is 4.90 Å². The SMILES string of the molecule is CC(c1ccn2ccnc2c1)N1CCN(c2ncc(C(F)F)cn2)CC1. The summed E-state index contributed by atoms with van der Waals surface area (Å²) < 4.78 is 27.2. The molecule has 26 heavy (non-hydrogen) atoms. The van der Waals surface area contributed by atoms with Crippen molar-refractivity contribution in [1.82, 2.24) is 24.3 Å². The lowest BCUT2D eigenvalue weighted by atomic mass is 10.1. The molecule has 0 aromatic carbocycles. The third-order valence-corrected chi connectivity index (χ3v) is 4.96. The Morgan fingerprint density at radius 3 is 2.38 bits per heavy atom. The molecule has 1 saturated heterocycles. The normalized spacial score (nSPS) is 17.2. The van der Waals surface area contributed by atoms with E-state index in [0.717, 1.165) is 31.8 Å². The van der Waals surface area contributed by atoms with Gasteiger partial charge in [0, 0.05) is 63.2 Å². The number of aromatic nitrogens is 4. The second kappa shape index (κ2) is 6.95. The van der Waals surface area contributed by atoms with Crippen LogP contribution in [0.25, 0.3) is 5.65 Å². The van der Waals surface area contributed by atoms with Gasteiger partial charge in [0.25, 0.3) is 6.43 Å². The van der Waals surface area contributed by atoms with Crippen LogP contribution in [0.15, 0.2) is 43.1 Å². The first-order valence-corrected chi connectivity index (χ1v) is 8.63. The van der Waals surface area contributed by atoms with E-state index in [1.165, 1.54) is 18.0 Å². The predicted molar refractivity (Wildman–Crippen MR) is 94.4 cm³/mol. The predicted octanol–water partition coefficient (Wildman–Crippen LogP) is 2.95. The Hall–Kier alpha value is -2.61. The summed E-state index contributed by atoms with van der Waals surface area (Å²) >= 11 is 0. The van der Waals surface area contributed by atoms with Crippen molar-refractivity contribution in [2.24, 2.45) is 0 Å². The maximum absolute atomic E-state index is 12.6. The van der Waals surface area contributed by atoms with E-state index in [9.17, 15) is 8.78 Å². The van der Waals surface area contributed by atoms with Gasteiger partial charge in [-0.2, -0.15) is 0 Å². The number of hydrogen-bond acceptors (Lipinski definition) is 5. The van der Waals surface area contributed by atoms with E-state index in [4.69, 9.17) is 0 Å². The third kappa shape index (κ3) is 3.24. The van der Waals surface area contributed by atoms with E-state index >= 15 is 0 Å². The molecular weight excluding hydrogens is 338 g/mol. The van der Waals surface area contributed by atoms with Gasteiger partial charge in [-0.05, 0) is 24.6 Å². The molecular formula is C18H20F2N6. The number of alkyl halides is 2. The average molecular weight is 358 g/mol. The van der Waals surface area contributed by atoms with E-state index in [-0.39, 0.29) is 11.6 Å². The summed E-state index contributed by atoms with van der Waals surface area (Å²) in [4.78, 5) is 17.0. The lowest BCUT2D eigenvalue weighted by Crippen LogP contribution is -2.47. The maximum atomic E-state index is 12.6. The molecule has 0 bridgehead atoms. The lowest BCUT2D eigenvalue weighted by Gasteiger charge is -2.38. The highest BCUT2D eigenvalue weighted by Gasteiger charge is 2.24. The lowest BCUT2D eigenvalue weighted by molar-refractivity contribution is 0.150. The fraction of sp³-hybridized carbons (Fsp3) is 0.389. The molecule has 0 saturated carbocycles. The minimum atomic E-state index is -2.53. The monoisotopic (exact) mass is 358 g/mol. The molecule has 1 fully saturated rings. The molecule has 0 spiro atoms. The maximum Gasteiger partial charge on any atom is 0.266 e. The Kier molecular flexibility index (Phi) is 4.50.